The maximum atomic E-state index is 12.2. The van der Waals surface area contributed by atoms with Crippen LogP contribution in [0, 0.1) is 0 Å². The normalized spacial score (nSPS) is 10.5. The molecule has 0 unspecified atom stereocenters. The molecule has 0 saturated carbocycles. The summed E-state index contributed by atoms with van der Waals surface area (Å²) >= 11 is 12.0. The largest absolute Gasteiger partial charge is 0.354 e. The smallest absolute Gasteiger partial charge is 0.270 e. The Bertz CT molecular complexity index is 709. The number of amides is 1. The standard InChI is InChI=1S/C18H22Cl2N4O/c1-2-3-4-9-22-18-23-11-8-16(24-18)17(25)21-10-7-13-5-6-14(19)12-15(13)20/h5-6,8,11-12H,2-4,7,9-10H2,1H3,(H,21,25)(H,22,23,24). The number of anilines is 1. The summed E-state index contributed by atoms with van der Waals surface area (Å²) in [4.78, 5) is 20.6. The molecule has 1 aromatic heterocycles. The summed E-state index contributed by atoms with van der Waals surface area (Å²) in [6.45, 7) is 3.41. The van der Waals surface area contributed by atoms with E-state index < -0.39 is 0 Å². The minimum atomic E-state index is -0.232. The van der Waals surface area contributed by atoms with Gasteiger partial charge in [-0.25, -0.2) is 9.97 Å². The van der Waals surface area contributed by atoms with Crippen LogP contribution in [0.15, 0.2) is 30.5 Å². The number of hydrogen-bond acceptors (Lipinski definition) is 4. The third-order valence-electron chi connectivity index (χ3n) is 3.65. The summed E-state index contributed by atoms with van der Waals surface area (Å²) in [6, 6.07) is 6.94. The second kappa shape index (κ2) is 10.2. The van der Waals surface area contributed by atoms with Gasteiger partial charge in [0.25, 0.3) is 5.91 Å². The Morgan fingerprint density at radius 1 is 1.16 bits per heavy atom. The summed E-state index contributed by atoms with van der Waals surface area (Å²) in [6.07, 6.45) is 5.57. The third kappa shape index (κ3) is 6.52. The van der Waals surface area contributed by atoms with E-state index in [1.807, 2.05) is 6.07 Å². The molecular weight excluding hydrogens is 359 g/mol. The van der Waals surface area contributed by atoms with Gasteiger partial charge in [0.1, 0.15) is 5.69 Å². The average molecular weight is 381 g/mol. The molecule has 0 aliphatic heterocycles. The molecule has 0 spiro atoms. The number of aromatic nitrogens is 2. The Kier molecular flexibility index (Phi) is 7.95. The highest BCUT2D eigenvalue weighted by Gasteiger charge is 2.09. The maximum Gasteiger partial charge on any atom is 0.270 e. The van der Waals surface area contributed by atoms with Crippen molar-refractivity contribution in [3.05, 3.63) is 51.8 Å². The molecule has 1 aromatic carbocycles. The van der Waals surface area contributed by atoms with Gasteiger partial charge in [0, 0.05) is 29.3 Å². The second-order valence-electron chi connectivity index (χ2n) is 5.64. The molecule has 1 amide bonds. The topological polar surface area (TPSA) is 66.9 Å². The number of nitrogens with zero attached hydrogens (tertiary/aromatic N) is 2. The Morgan fingerprint density at radius 2 is 2.00 bits per heavy atom. The molecule has 0 atom stereocenters. The monoisotopic (exact) mass is 380 g/mol. The molecule has 134 valence electrons. The minimum Gasteiger partial charge on any atom is -0.354 e. The zero-order valence-electron chi connectivity index (χ0n) is 14.2. The van der Waals surface area contributed by atoms with E-state index in [0.29, 0.717) is 34.7 Å². The first kappa shape index (κ1) is 19.5. The lowest BCUT2D eigenvalue weighted by atomic mass is 10.1. The molecule has 7 heteroatoms. The van der Waals surface area contributed by atoms with Crippen molar-refractivity contribution in [3.8, 4) is 0 Å². The van der Waals surface area contributed by atoms with Crippen LogP contribution in [0.25, 0.3) is 0 Å². The van der Waals surface area contributed by atoms with Gasteiger partial charge < -0.3 is 10.6 Å². The number of unbranched alkanes of at least 4 members (excludes halogenated alkanes) is 2. The summed E-state index contributed by atoms with van der Waals surface area (Å²) in [7, 11) is 0. The quantitative estimate of drug-likeness (QED) is 0.634. The first-order valence-electron chi connectivity index (χ1n) is 8.39. The van der Waals surface area contributed by atoms with E-state index in [1.54, 1.807) is 24.4 Å². The molecule has 2 aromatic rings. The molecule has 25 heavy (non-hydrogen) atoms. The van der Waals surface area contributed by atoms with Crippen LogP contribution in [0.2, 0.25) is 10.0 Å². The van der Waals surface area contributed by atoms with E-state index in [4.69, 9.17) is 23.2 Å². The van der Waals surface area contributed by atoms with Gasteiger partial charge in [-0.2, -0.15) is 0 Å². The highest BCUT2D eigenvalue weighted by molar-refractivity contribution is 6.35. The van der Waals surface area contributed by atoms with E-state index in [-0.39, 0.29) is 5.91 Å². The van der Waals surface area contributed by atoms with Crippen molar-refractivity contribution in [2.45, 2.75) is 32.6 Å². The molecule has 2 N–H and O–H groups in total. The predicted octanol–water partition coefficient (Wildman–Crippen LogP) is 4.36. The summed E-state index contributed by atoms with van der Waals surface area (Å²) in [5.74, 6) is 0.244. The van der Waals surface area contributed by atoms with E-state index in [9.17, 15) is 4.79 Å². The van der Waals surface area contributed by atoms with Crippen LogP contribution in [0.5, 0.6) is 0 Å². The molecule has 0 fully saturated rings. The fourth-order valence-corrected chi connectivity index (χ4v) is 2.77. The molecule has 2 rings (SSSR count). The predicted molar refractivity (Wildman–Crippen MR) is 103 cm³/mol. The molecule has 0 radical (unpaired) electrons. The number of nitrogens with one attached hydrogen (secondary N) is 2. The lowest BCUT2D eigenvalue weighted by Crippen LogP contribution is -2.27. The number of carbonyl (C=O) groups is 1. The van der Waals surface area contributed by atoms with Gasteiger partial charge in [0.2, 0.25) is 5.95 Å². The Morgan fingerprint density at radius 3 is 2.76 bits per heavy atom. The fourth-order valence-electron chi connectivity index (χ4n) is 2.27. The van der Waals surface area contributed by atoms with Crippen molar-refractivity contribution in [1.82, 2.24) is 15.3 Å². The van der Waals surface area contributed by atoms with Crippen LogP contribution in [0.1, 0.15) is 42.2 Å². The first-order valence-corrected chi connectivity index (χ1v) is 9.14. The number of rotatable bonds is 9. The number of carbonyl (C=O) groups excluding carboxylic acids is 1. The van der Waals surface area contributed by atoms with Gasteiger partial charge in [-0.1, -0.05) is 49.0 Å². The molecule has 0 aliphatic carbocycles. The van der Waals surface area contributed by atoms with Gasteiger partial charge in [-0.3, -0.25) is 4.79 Å². The number of hydrogen-bond donors (Lipinski definition) is 2. The van der Waals surface area contributed by atoms with Gasteiger partial charge in [0.15, 0.2) is 0 Å². The van der Waals surface area contributed by atoms with Crippen molar-refractivity contribution >= 4 is 35.1 Å². The molecule has 0 saturated heterocycles. The van der Waals surface area contributed by atoms with Crippen LogP contribution in [-0.4, -0.2) is 29.0 Å². The fraction of sp³-hybridized carbons (Fsp3) is 0.389. The van der Waals surface area contributed by atoms with E-state index in [1.165, 1.54) is 0 Å². The summed E-state index contributed by atoms with van der Waals surface area (Å²) in [5, 5.41) is 7.18. The summed E-state index contributed by atoms with van der Waals surface area (Å²) < 4.78 is 0. The SMILES string of the molecule is CCCCCNc1nccc(C(=O)NCCc2ccc(Cl)cc2Cl)n1. The van der Waals surface area contributed by atoms with Gasteiger partial charge in [-0.05, 0) is 36.6 Å². The average Bonchev–Trinajstić information content (AvgIpc) is 2.61. The zero-order chi connectivity index (χ0) is 18.1. The highest BCUT2D eigenvalue weighted by Crippen LogP contribution is 2.21. The maximum absolute atomic E-state index is 12.2. The number of halogens is 2. The van der Waals surface area contributed by atoms with Crippen LogP contribution in [0.4, 0.5) is 5.95 Å². The lowest BCUT2D eigenvalue weighted by molar-refractivity contribution is 0.0949. The minimum absolute atomic E-state index is 0.232. The van der Waals surface area contributed by atoms with Crippen molar-refractivity contribution in [2.75, 3.05) is 18.4 Å². The van der Waals surface area contributed by atoms with E-state index in [0.717, 1.165) is 31.4 Å². The zero-order valence-corrected chi connectivity index (χ0v) is 15.7. The van der Waals surface area contributed by atoms with Crippen LogP contribution in [-0.2, 0) is 6.42 Å². The molecule has 0 bridgehead atoms. The van der Waals surface area contributed by atoms with Gasteiger partial charge in [0.05, 0.1) is 0 Å². The third-order valence-corrected chi connectivity index (χ3v) is 4.23. The van der Waals surface area contributed by atoms with Gasteiger partial charge >= 0.3 is 0 Å². The van der Waals surface area contributed by atoms with Crippen molar-refractivity contribution in [3.63, 3.8) is 0 Å². The number of benzene rings is 1. The Balaban J connectivity index is 1.83. The second-order valence-corrected chi connectivity index (χ2v) is 6.48. The highest BCUT2D eigenvalue weighted by atomic mass is 35.5. The lowest BCUT2D eigenvalue weighted by Gasteiger charge is -2.08. The Labute approximate surface area is 158 Å². The van der Waals surface area contributed by atoms with Crippen LogP contribution >= 0.6 is 23.2 Å². The molecular formula is C18H22Cl2N4O. The van der Waals surface area contributed by atoms with Gasteiger partial charge in [-0.15, -0.1) is 0 Å². The summed E-state index contributed by atoms with van der Waals surface area (Å²) in [5.41, 5.74) is 1.28. The van der Waals surface area contributed by atoms with Crippen molar-refractivity contribution in [2.24, 2.45) is 0 Å². The van der Waals surface area contributed by atoms with Crippen molar-refractivity contribution < 1.29 is 4.79 Å². The first-order chi connectivity index (χ1) is 12.1. The van der Waals surface area contributed by atoms with E-state index >= 15 is 0 Å². The molecule has 0 aliphatic rings. The van der Waals surface area contributed by atoms with E-state index in [2.05, 4.69) is 27.5 Å². The molecule has 5 nitrogen and oxygen atoms in total. The van der Waals surface area contributed by atoms with Crippen LogP contribution in [0.3, 0.4) is 0 Å². The van der Waals surface area contributed by atoms with Crippen LogP contribution < -0.4 is 10.6 Å². The molecule has 1 heterocycles. The Hall–Kier alpha value is -1.85. The van der Waals surface area contributed by atoms with Crippen molar-refractivity contribution in [1.29, 1.82) is 0 Å².